The number of rotatable bonds is 3. The maximum atomic E-state index is 12.7. The van der Waals surface area contributed by atoms with Crippen molar-refractivity contribution >= 4 is 16.7 Å². The molecule has 0 aliphatic carbocycles. The van der Waals surface area contributed by atoms with Crippen LogP contribution < -0.4 is 5.32 Å². The van der Waals surface area contributed by atoms with Crippen LogP contribution in [0.1, 0.15) is 19.7 Å². The average molecular weight is 269 g/mol. The van der Waals surface area contributed by atoms with E-state index in [1.54, 1.807) is 24.3 Å². The number of hydrogen-bond acceptors (Lipinski definition) is 3. The van der Waals surface area contributed by atoms with Gasteiger partial charge in [-0.05, 0) is 18.1 Å². The second-order valence-electron chi connectivity index (χ2n) is 4.69. The highest BCUT2D eigenvalue weighted by Gasteiger charge is 2.35. The predicted octanol–water partition coefficient (Wildman–Crippen LogP) is 3.72. The van der Waals surface area contributed by atoms with Crippen LogP contribution in [0.25, 0.3) is 10.9 Å². The quantitative estimate of drug-likeness (QED) is 0.922. The van der Waals surface area contributed by atoms with Crippen LogP contribution in [0.4, 0.5) is 19.0 Å². The Hall–Kier alpha value is -1.85. The first-order valence-corrected chi connectivity index (χ1v) is 5.96. The number of benzene rings is 1. The van der Waals surface area contributed by atoms with Gasteiger partial charge >= 0.3 is 6.18 Å². The zero-order valence-electron chi connectivity index (χ0n) is 10.6. The van der Waals surface area contributed by atoms with Crippen LogP contribution in [-0.4, -0.2) is 16.5 Å². The van der Waals surface area contributed by atoms with E-state index in [1.165, 1.54) is 0 Å². The highest BCUT2D eigenvalue weighted by Crippen LogP contribution is 2.30. The Balaban J connectivity index is 2.52. The standard InChI is InChI=1S/C13H14F3N3/c1-8(2)7-17-11-9-5-3-4-6-10(9)18-12(19-11)13(14,15)16/h3-6,8H,7H2,1-2H3,(H,17,18,19). The Bertz CT molecular complexity index is 579. The van der Waals surface area contributed by atoms with E-state index >= 15 is 0 Å². The molecule has 0 fully saturated rings. The van der Waals surface area contributed by atoms with Gasteiger partial charge in [-0.1, -0.05) is 26.0 Å². The van der Waals surface area contributed by atoms with E-state index in [0.717, 1.165) is 0 Å². The topological polar surface area (TPSA) is 37.8 Å². The zero-order valence-corrected chi connectivity index (χ0v) is 10.6. The molecule has 0 spiro atoms. The highest BCUT2D eigenvalue weighted by atomic mass is 19.4. The molecule has 0 atom stereocenters. The van der Waals surface area contributed by atoms with Crippen molar-refractivity contribution in [2.45, 2.75) is 20.0 Å². The summed E-state index contributed by atoms with van der Waals surface area (Å²) in [7, 11) is 0. The van der Waals surface area contributed by atoms with Gasteiger partial charge < -0.3 is 5.32 Å². The van der Waals surface area contributed by atoms with E-state index in [2.05, 4.69) is 15.3 Å². The molecule has 0 bridgehead atoms. The molecule has 1 heterocycles. The number of alkyl halides is 3. The third kappa shape index (κ3) is 3.13. The third-order valence-electron chi connectivity index (χ3n) is 2.53. The lowest BCUT2D eigenvalue weighted by Gasteiger charge is -2.13. The molecule has 0 aliphatic rings. The molecule has 1 aromatic carbocycles. The maximum absolute atomic E-state index is 12.7. The lowest BCUT2D eigenvalue weighted by atomic mass is 10.2. The van der Waals surface area contributed by atoms with Crippen molar-refractivity contribution in [2.24, 2.45) is 5.92 Å². The minimum Gasteiger partial charge on any atom is -0.369 e. The van der Waals surface area contributed by atoms with Crippen molar-refractivity contribution in [3.8, 4) is 0 Å². The maximum Gasteiger partial charge on any atom is 0.451 e. The van der Waals surface area contributed by atoms with Crippen LogP contribution in [0.3, 0.4) is 0 Å². The second kappa shape index (κ2) is 5.03. The Morgan fingerprint density at radius 3 is 2.47 bits per heavy atom. The fourth-order valence-corrected chi connectivity index (χ4v) is 1.64. The molecule has 0 amide bonds. The molecule has 102 valence electrons. The SMILES string of the molecule is CC(C)CNc1nc(C(F)(F)F)nc2ccccc12. The highest BCUT2D eigenvalue weighted by molar-refractivity contribution is 5.89. The summed E-state index contributed by atoms with van der Waals surface area (Å²) in [5.41, 5.74) is 0.288. The first-order valence-electron chi connectivity index (χ1n) is 5.96. The van der Waals surface area contributed by atoms with Gasteiger partial charge in [-0.25, -0.2) is 9.97 Å². The van der Waals surface area contributed by atoms with Crippen molar-refractivity contribution in [2.75, 3.05) is 11.9 Å². The van der Waals surface area contributed by atoms with Crippen LogP contribution in [-0.2, 0) is 6.18 Å². The summed E-state index contributed by atoms with van der Waals surface area (Å²) in [5, 5.41) is 3.54. The number of nitrogens with zero attached hydrogens (tertiary/aromatic N) is 2. The number of nitrogens with one attached hydrogen (secondary N) is 1. The Morgan fingerprint density at radius 1 is 1.16 bits per heavy atom. The monoisotopic (exact) mass is 269 g/mol. The molecule has 3 nitrogen and oxygen atoms in total. The Morgan fingerprint density at radius 2 is 1.84 bits per heavy atom. The van der Waals surface area contributed by atoms with Crippen molar-refractivity contribution in [3.63, 3.8) is 0 Å². The van der Waals surface area contributed by atoms with Gasteiger partial charge in [0, 0.05) is 11.9 Å². The van der Waals surface area contributed by atoms with Crippen molar-refractivity contribution in [3.05, 3.63) is 30.1 Å². The Kier molecular flexibility index (Phi) is 3.59. The first kappa shape index (κ1) is 13.6. The fraction of sp³-hybridized carbons (Fsp3) is 0.385. The molecule has 2 rings (SSSR count). The van der Waals surface area contributed by atoms with Gasteiger partial charge in [0.1, 0.15) is 5.82 Å². The third-order valence-corrected chi connectivity index (χ3v) is 2.53. The number of fused-ring (bicyclic) bond motifs is 1. The van der Waals surface area contributed by atoms with Crippen LogP contribution >= 0.6 is 0 Å². The van der Waals surface area contributed by atoms with E-state index in [1.807, 2.05) is 13.8 Å². The van der Waals surface area contributed by atoms with Crippen molar-refractivity contribution < 1.29 is 13.2 Å². The van der Waals surface area contributed by atoms with E-state index in [9.17, 15) is 13.2 Å². The summed E-state index contributed by atoms with van der Waals surface area (Å²) in [6.07, 6.45) is -4.54. The summed E-state index contributed by atoms with van der Waals surface area (Å²) in [6, 6.07) is 6.66. The minimum atomic E-state index is -4.54. The molecular formula is C13H14F3N3. The summed E-state index contributed by atoms with van der Waals surface area (Å²) < 4.78 is 38.2. The number of aromatic nitrogens is 2. The van der Waals surface area contributed by atoms with Crippen LogP contribution in [0.2, 0.25) is 0 Å². The van der Waals surface area contributed by atoms with Crippen molar-refractivity contribution in [1.82, 2.24) is 9.97 Å². The summed E-state index contributed by atoms with van der Waals surface area (Å²) in [4.78, 5) is 7.16. The molecule has 2 aromatic rings. The van der Waals surface area contributed by atoms with Gasteiger partial charge in [-0.15, -0.1) is 0 Å². The van der Waals surface area contributed by atoms with E-state index in [0.29, 0.717) is 17.8 Å². The summed E-state index contributed by atoms with van der Waals surface area (Å²) in [5.74, 6) is -0.577. The second-order valence-corrected chi connectivity index (χ2v) is 4.69. The van der Waals surface area contributed by atoms with Gasteiger partial charge in [0.25, 0.3) is 0 Å². The molecule has 0 unspecified atom stereocenters. The smallest absolute Gasteiger partial charge is 0.369 e. The fourth-order valence-electron chi connectivity index (χ4n) is 1.64. The first-order chi connectivity index (χ1) is 8.88. The molecule has 0 aliphatic heterocycles. The van der Waals surface area contributed by atoms with Gasteiger partial charge in [0.05, 0.1) is 5.52 Å². The lowest BCUT2D eigenvalue weighted by molar-refractivity contribution is -0.144. The zero-order chi connectivity index (χ0) is 14.0. The van der Waals surface area contributed by atoms with Gasteiger partial charge in [-0.2, -0.15) is 13.2 Å². The molecule has 0 radical (unpaired) electrons. The predicted molar refractivity (Wildman–Crippen MR) is 67.9 cm³/mol. The van der Waals surface area contributed by atoms with Crippen molar-refractivity contribution in [1.29, 1.82) is 0 Å². The summed E-state index contributed by atoms with van der Waals surface area (Å²) >= 11 is 0. The number of para-hydroxylation sites is 1. The summed E-state index contributed by atoms with van der Waals surface area (Å²) in [6.45, 7) is 4.50. The largest absolute Gasteiger partial charge is 0.451 e. The lowest BCUT2D eigenvalue weighted by Crippen LogP contribution is -2.15. The molecule has 19 heavy (non-hydrogen) atoms. The minimum absolute atomic E-state index is 0.228. The molecule has 0 saturated heterocycles. The van der Waals surface area contributed by atoms with E-state index in [4.69, 9.17) is 0 Å². The van der Waals surface area contributed by atoms with E-state index in [-0.39, 0.29) is 11.3 Å². The number of halogens is 3. The number of hydrogen-bond donors (Lipinski definition) is 1. The normalized spacial score (nSPS) is 12.1. The van der Waals surface area contributed by atoms with Crippen LogP contribution in [0.15, 0.2) is 24.3 Å². The van der Waals surface area contributed by atoms with Gasteiger partial charge in [0.15, 0.2) is 0 Å². The van der Waals surface area contributed by atoms with Gasteiger partial charge in [-0.3, -0.25) is 0 Å². The Labute approximate surface area is 108 Å². The van der Waals surface area contributed by atoms with Crippen LogP contribution in [0.5, 0.6) is 0 Å². The number of anilines is 1. The molecular weight excluding hydrogens is 255 g/mol. The van der Waals surface area contributed by atoms with E-state index < -0.39 is 12.0 Å². The molecule has 0 saturated carbocycles. The molecule has 6 heteroatoms. The van der Waals surface area contributed by atoms with Gasteiger partial charge in [0.2, 0.25) is 5.82 Å². The average Bonchev–Trinajstić information content (AvgIpc) is 2.34. The molecule has 1 aromatic heterocycles. The van der Waals surface area contributed by atoms with Crippen LogP contribution in [0, 0.1) is 5.92 Å². The molecule has 1 N–H and O–H groups in total.